The number of aryl methyl sites for hydroxylation is 2. The number of benzene rings is 1. The molecule has 0 fully saturated rings. The van der Waals surface area contributed by atoms with Crippen LogP contribution in [0, 0.1) is 6.92 Å². The number of nitrogens with zero attached hydrogens (tertiary/aromatic N) is 1. The van der Waals surface area contributed by atoms with Crippen LogP contribution in [0.4, 0.5) is 0 Å². The van der Waals surface area contributed by atoms with Crippen molar-refractivity contribution in [3.05, 3.63) is 51.5 Å². The van der Waals surface area contributed by atoms with Gasteiger partial charge in [0.1, 0.15) is 5.01 Å². The zero-order chi connectivity index (χ0) is 14.9. The SMILES string of the molecule is Cc1csc(C2(NC(C)C)CCCCc3ccccc32)n1. The molecule has 112 valence electrons. The summed E-state index contributed by atoms with van der Waals surface area (Å²) in [6.45, 7) is 6.55. The van der Waals surface area contributed by atoms with Crippen LogP contribution in [0.5, 0.6) is 0 Å². The van der Waals surface area contributed by atoms with Crippen LogP contribution in [0.25, 0.3) is 0 Å². The van der Waals surface area contributed by atoms with E-state index in [2.05, 4.69) is 55.7 Å². The highest BCUT2D eigenvalue weighted by Crippen LogP contribution is 2.41. The molecule has 1 unspecified atom stereocenters. The minimum atomic E-state index is -0.111. The number of fused-ring (bicyclic) bond motifs is 1. The molecule has 0 bridgehead atoms. The second-order valence-corrected chi connectivity index (χ2v) is 7.22. The Bertz CT molecular complexity index is 617. The maximum absolute atomic E-state index is 4.86. The van der Waals surface area contributed by atoms with Gasteiger partial charge < -0.3 is 0 Å². The second kappa shape index (κ2) is 5.90. The maximum atomic E-state index is 4.86. The van der Waals surface area contributed by atoms with Gasteiger partial charge in [0.25, 0.3) is 0 Å². The molecule has 21 heavy (non-hydrogen) atoms. The van der Waals surface area contributed by atoms with E-state index in [0.717, 1.165) is 12.1 Å². The molecule has 1 aromatic heterocycles. The zero-order valence-corrected chi connectivity index (χ0v) is 14.0. The van der Waals surface area contributed by atoms with E-state index < -0.39 is 0 Å². The average Bonchev–Trinajstić information content (AvgIpc) is 2.81. The Hall–Kier alpha value is -1.19. The molecule has 2 aromatic rings. The largest absolute Gasteiger partial charge is 0.299 e. The van der Waals surface area contributed by atoms with E-state index in [1.807, 2.05) is 0 Å². The first kappa shape index (κ1) is 14.7. The summed E-state index contributed by atoms with van der Waals surface area (Å²) in [5.41, 5.74) is 3.93. The van der Waals surface area contributed by atoms with Crippen LogP contribution in [0.3, 0.4) is 0 Å². The first-order valence-corrected chi connectivity index (χ1v) is 8.78. The van der Waals surface area contributed by atoms with Gasteiger partial charge in [0.2, 0.25) is 0 Å². The van der Waals surface area contributed by atoms with Crippen molar-refractivity contribution in [2.24, 2.45) is 0 Å². The third kappa shape index (κ3) is 2.77. The van der Waals surface area contributed by atoms with E-state index in [0.29, 0.717) is 6.04 Å². The molecule has 0 amide bonds. The summed E-state index contributed by atoms with van der Waals surface area (Å²) in [4.78, 5) is 4.86. The summed E-state index contributed by atoms with van der Waals surface area (Å²) < 4.78 is 0. The van der Waals surface area contributed by atoms with E-state index in [1.165, 1.54) is 35.4 Å². The molecule has 0 saturated carbocycles. The van der Waals surface area contributed by atoms with Gasteiger partial charge in [-0.25, -0.2) is 4.98 Å². The minimum Gasteiger partial charge on any atom is -0.299 e. The average molecular weight is 300 g/mol. The van der Waals surface area contributed by atoms with Crippen molar-refractivity contribution in [2.45, 2.75) is 58.0 Å². The standard InChI is InChI=1S/C18H24N2S/c1-13(2)20-18(17-19-14(3)12-21-17)11-7-6-9-15-8-4-5-10-16(15)18/h4-5,8,10,12-13,20H,6-7,9,11H2,1-3H3. The van der Waals surface area contributed by atoms with Crippen molar-refractivity contribution in [3.63, 3.8) is 0 Å². The molecule has 0 radical (unpaired) electrons. The van der Waals surface area contributed by atoms with Crippen molar-refractivity contribution in [1.82, 2.24) is 10.3 Å². The molecule has 2 nitrogen and oxygen atoms in total. The van der Waals surface area contributed by atoms with Gasteiger partial charge in [0.05, 0.1) is 5.54 Å². The van der Waals surface area contributed by atoms with Crippen LogP contribution in [-0.4, -0.2) is 11.0 Å². The fourth-order valence-corrected chi connectivity index (χ4v) is 4.48. The van der Waals surface area contributed by atoms with Gasteiger partial charge in [-0.15, -0.1) is 11.3 Å². The molecular weight excluding hydrogens is 276 g/mol. The summed E-state index contributed by atoms with van der Waals surface area (Å²) in [6.07, 6.45) is 4.83. The van der Waals surface area contributed by atoms with Crippen LogP contribution in [0.15, 0.2) is 29.6 Å². The van der Waals surface area contributed by atoms with Gasteiger partial charge >= 0.3 is 0 Å². The topological polar surface area (TPSA) is 24.9 Å². The molecular formula is C18H24N2S. The number of hydrogen-bond acceptors (Lipinski definition) is 3. The molecule has 0 spiro atoms. The number of nitrogens with one attached hydrogen (secondary N) is 1. The lowest BCUT2D eigenvalue weighted by atomic mass is 9.84. The molecule has 1 aromatic carbocycles. The summed E-state index contributed by atoms with van der Waals surface area (Å²) in [5, 5.41) is 7.27. The van der Waals surface area contributed by atoms with E-state index >= 15 is 0 Å². The predicted octanol–water partition coefficient (Wildman–Crippen LogP) is 4.42. The number of hydrogen-bond donors (Lipinski definition) is 1. The Balaban J connectivity index is 2.19. The van der Waals surface area contributed by atoms with Gasteiger partial charge in [-0.3, -0.25) is 5.32 Å². The third-order valence-electron chi connectivity index (χ3n) is 4.24. The highest BCUT2D eigenvalue weighted by Gasteiger charge is 2.39. The Kier molecular flexibility index (Phi) is 4.14. The Morgan fingerprint density at radius 1 is 1.24 bits per heavy atom. The summed E-state index contributed by atoms with van der Waals surface area (Å²) >= 11 is 1.80. The lowest BCUT2D eigenvalue weighted by Gasteiger charge is -2.36. The fraction of sp³-hybridized carbons (Fsp3) is 0.500. The Labute approximate surface area is 131 Å². The van der Waals surface area contributed by atoms with Crippen LogP contribution < -0.4 is 5.32 Å². The van der Waals surface area contributed by atoms with Gasteiger partial charge in [0, 0.05) is 17.1 Å². The highest BCUT2D eigenvalue weighted by molar-refractivity contribution is 7.09. The monoisotopic (exact) mass is 300 g/mol. The van der Waals surface area contributed by atoms with Crippen molar-refractivity contribution >= 4 is 11.3 Å². The lowest BCUT2D eigenvalue weighted by molar-refractivity contribution is 0.335. The van der Waals surface area contributed by atoms with E-state index in [4.69, 9.17) is 4.98 Å². The summed E-state index contributed by atoms with van der Waals surface area (Å²) in [7, 11) is 0. The van der Waals surface area contributed by atoms with Crippen molar-refractivity contribution in [1.29, 1.82) is 0 Å². The molecule has 1 N–H and O–H groups in total. The molecule has 3 heteroatoms. The predicted molar refractivity (Wildman–Crippen MR) is 89.9 cm³/mol. The van der Waals surface area contributed by atoms with Crippen LogP contribution in [-0.2, 0) is 12.0 Å². The van der Waals surface area contributed by atoms with E-state index in [1.54, 1.807) is 11.3 Å². The zero-order valence-electron chi connectivity index (χ0n) is 13.1. The molecule has 1 aliphatic carbocycles. The van der Waals surface area contributed by atoms with E-state index in [-0.39, 0.29) is 5.54 Å². The molecule has 0 aliphatic heterocycles. The molecule has 1 heterocycles. The third-order valence-corrected chi connectivity index (χ3v) is 5.37. The van der Waals surface area contributed by atoms with Crippen LogP contribution >= 0.6 is 11.3 Å². The fourth-order valence-electron chi connectivity index (χ4n) is 3.47. The molecule has 1 atom stereocenters. The van der Waals surface area contributed by atoms with Gasteiger partial charge in [0.15, 0.2) is 0 Å². The number of aromatic nitrogens is 1. The van der Waals surface area contributed by atoms with Crippen LogP contribution in [0.2, 0.25) is 0 Å². The molecule has 3 rings (SSSR count). The normalized spacial score (nSPS) is 22.1. The first-order valence-electron chi connectivity index (χ1n) is 7.90. The number of thiazole rings is 1. The van der Waals surface area contributed by atoms with Gasteiger partial charge in [-0.05, 0) is 51.2 Å². The Morgan fingerprint density at radius 2 is 2.05 bits per heavy atom. The minimum absolute atomic E-state index is 0.111. The van der Waals surface area contributed by atoms with E-state index in [9.17, 15) is 0 Å². The molecule has 1 aliphatic rings. The highest BCUT2D eigenvalue weighted by atomic mass is 32.1. The van der Waals surface area contributed by atoms with Crippen molar-refractivity contribution < 1.29 is 0 Å². The smallest absolute Gasteiger partial charge is 0.118 e. The van der Waals surface area contributed by atoms with Crippen molar-refractivity contribution in [3.8, 4) is 0 Å². The number of rotatable bonds is 3. The second-order valence-electron chi connectivity index (χ2n) is 6.36. The first-order chi connectivity index (χ1) is 10.1. The van der Waals surface area contributed by atoms with Gasteiger partial charge in [-0.2, -0.15) is 0 Å². The van der Waals surface area contributed by atoms with Crippen LogP contribution in [0.1, 0.15) is 54.9 Å². The maximum Gasteiger partial charge on any atom is 0.118 e. The quantitative estimate of drug-likeness (QED) is 0.849. The summed E-state index contributed by atoms with van der Waals surface area (Å²) in [6, 6.07) is 9.35. The lowest BCUT2D eigenvalue weighted by Crippen LogP contribution is -2.47. The van der Waals surface area contributed by atoms with Crippen molar-refractivity contribution in [2.75, 3.05) is 0 Å². The van der Waals surface area contributed by atoms with Gasteiger partial charge in [-0.1, -0.05) is 30.7 Å². The Morgan fingerprint density at radius 3 is 2.76 bits per heavy atom. The molecule has 0 saturated heterocycles. The summed E-state index contributed by atoms with van der Waals surface area (Å²) in [5.74, 6) is 0.